The molecule has 0 amide bonds. The zero-order valence-electron chi connectivity index (χ0n) is 23.9. The van der Waals surface area contributed by atoms with E-state index >= 15 is 0 Å². The number of piperazine rings is 1. The number of rotatable bonds is 11. The lowest BCUT2D eigenvalue weighted by Gasteiger charge is -2.35. The standard InChI is InChI=1S/C31H39ClFN5O4/c32-26-17-22(4-5-27(26)33)36-31-30-28(34-21-35-31)18-25(19-29(30)42-23-6-15-39-16-7-23)41-14-2-8-37-9-11-38(12-10-37)20-24-3-1-13-40-24/h4-5,17-19,21,23-24H,1-3,6-16,20H2,(H,34,35,36). The van der Waals surface area contributed by atoms with Crippen molar-refractivity contribution in [2.75, 3.05) is 71.0 Å². The van der Waals surface area contributed by atoms with Gasteiger partial charge < -0.3 is 29.2 Å². The number of benzene rings is 2. The lowest BCUT2D eigenvalue weighted by Crippen LogP contribution is -2.48. The molecule has 6 rings (SSSR count). The van der Waals surface area contributed by atoms with Gasteiger partial charge in [-0.1, -0.05) is 11.6 Å². The number of ether oxygens (including phenoxy) is 4. The van der Waals surface area contributed by atoms with Crippen LogP contribution in [0.5, 0.6) is 11.5 Å². The summed E-state index contributed by atoms with van der Waals surface area (Å²) in [4.78, 5) is 14.1. The highest BCUT2D eigenvalue weighted by atomic mass is 35.5. The van der Waals surface area contributed by atoms with Crippen molar-refractivity contribution in [1.82, 2.24) is 19.8 Å². The zero-order valence-corrected chi connectivity index (χ0v) is 24.7. The highest BCUT2D eigenvalue weighted by molar-refractivity contribution is 6.31. The van der Waals surface area contributed by atoms with Crippen molar-refractivity contribution in [3.8, 4) is 11.5 Å². The van der Waals surface area contributed by atoms with Crippen LogP contribution in [-0.2, 0) is 9.47 Å². The summed E-state index contributed by atoms with van der Waals surface area (Å²) < 4.78 is 37.8. The van der Waals surface area contributed by atoms with Crippen molar-refractivity contribution in [2.24, 2.45) is 0 Å². The Morgan fingerprint density at radius 2 is 1.83 bits per heavy atom. The highest BCUT2D eigenvalue weighted by Crippen LogP contribution is 2.37. The number of hydrogen-bond acceptors (Lipinski definition) is 9. The van der Waals surface area contributed by atoms with E-state index in [1.807, 2.05) is 12.1 Å². The molecule has 3 aliphatic heterocycles. The Kier molecular flexibility index (Phi) is 9.87. The maximum Gasteiger partial charge on any atom is 0.145 e. The zero-order chi connectivity index (χ0) is 28.7. The summed E-state index contributed by atoms with van der Waals surface area (Å²) in [6.45, 7) is 9.27. The minimum atomic E-state index is -0.475. The third-order valence-corrected chi connectivity index (χ3v) is 8.45. The van der Waals surface area contributed by atoms with Crippen LogP contribution in [0.4, 0.5) is 15.9 Å². The fraction of sp³-hybridized carbons (Fsp3) is 0.548. The van der Waals surface area contributed by atoms with Crippen LogP contribution < -0.4 is 14.8 Å². The van der Waals surface area contributed by atoms with E-state index in [0.717, 1.165) is 70.5 Å². The third-order valence-electron chi connectivity index (χ3n) is 8.16. The van der Waals surface area contributed by atoms with Crippen molar-refractivity contribution in [3.05, 3.63) is 47.5 Å². The van der Waals surface area contributed by atoms with Gasteiger partial charge in [0.15, 0.2) is 0 Å². The van der Waals surface area contributed by atoms with E-state index in [9.17, 15) is 4.39 Å². The molecule has 0 spiro atoms. The molecule has 0 aliphatic carbocycles. The molecule has 11 heteroatoms. The Morgan fingerprint density at radius 3 is 2.62 bits per heavy atom. The van der Waals surface area contributed by atoms with Crippen LogP contribution in [0.2, 0.25) is 5.02 Å². The fourth-order valence-corrected chi connectivity index (χ4v) is 6.01. The first kappa shape index (κ1) is 29.3. The second kappa shape index (κ2) is 14.1. The molecular formula is C31H39ClFN5O4. The van der Waals surface area contributed by atoms with Crippen LogP contribution in [0.1, 0.15) is 32.1 Å². The minimum absolute atomic E-state index is 0.0180. The van der Waals surface area contributed by atoms with Gasteiger partial charge in [-0.25, -0.2) is 14.4 Å². The van der Waals surface area contributed by atoms with Gasteiger partial charge in [0.2, 0.25) is 0 Å². The number of fused-ring (bicyclic) bond motifs is 1. The topological polar surface area (TPSA) is 81.2 Å². The Bertz CT molecular complexity index is 1330. The van der Waals surface area contributed by atoms with Crippen molar-refractivity contribution in [3.63, 3.8) is 0 Å². The highest BCUT2D eigenvalue weighted by Gasteiger charge is 2.23. The number of halogens is 2. The largest absolute Gasteiger partial charge is 0.493 e. The molecule has 2 aromatic carbocycles. The van der Waals surface area contributed by atoms with Crippen LogP contribution in [0.3, 0.4) is 0 Å². The molecule has 3 saturated heterocycles. The van der Waals surface area contributed by atoms with Gasteiger partial charge in [0, 0.05) is 76.5 Å². The minimum Gasteiger partial charge on any atom is -0.493 e. The van der Waals surface area contributed by atoms with E-state index in [1.54, 1.807) is 6.07 Å². The van der Waals surface area contributed by atoms with Gasteiger partial charge in [0.1, 0.15) is 35.6 Å². The molecule has 0 radical (unpaired) electrons. The van der Waals surface area contributed by atoms with Gasteiger partial charge in [-0.3, -0.25) is 4.90 Å². The summed E-state index contributed by atoms with van der Waals surface area (Å²) in [5.41, 5.74) is 1.31. The van der Waals surface area contributed by atoms with E-state index in [-0.39, 0.29) is 11.1 Å². The molecular weight excluding hydrogens is 561 g/mol. The SMILES string of the molecule is Fc1ccc(Nc2ncnc3cc(OCCCN4CCN(CC5CCCO5)CC4)cc(OC4CCOCC4)c23)cc1Cl. The predicted molar refractivity (Wildman–Crippen MR) is 161 cm³/mol. The van der Waals surface area contributed by atoms with Crippen LogP contribution in [0, 0.1) is 5.82 Å². The molecule has 4 heterocycles. The molecule has 1 unspecified atom stereocenters. The first-order chi connectivity index (χ1) is 20.6. The molecule has 1 N–H and O–H groups in total. The fourth-order valence-electron chi connectivity index (χ4n) is 5.83. The summed E-state index contributed by atoms with van der Waals surface area (Å²) >= 11 is 6.02. The van der Waals surface area contributed by atoms with Crippen molar-refractivity contribution in [2.45, 2.75) is 44.3 Å². The van der Waals surface area contributed by atoms with Gasteiger partial charge in [0.25, 0.3) is 0 Å². The molecule has 0 bridgehead atoms. The van der Waals surface area contributed by atoms with Crippen molar-refractivity contribution in [1.29, 1.82) is 0 Å². The smallest absolute Gasteiger partial charge is 0.145 e. The van der Waals surface area contributed by atoms with Crippen molar-refractivity contribution >= 4 is 34.0 Å². The molecule has 1 aromatic heterocycles. The predicted octanol–water partition coefficient (Wildman–Crippen LogP) is 5.29. The van der Waals surface area contributed by atoms with Gasteiger partial charge in [-0.05, 0) is 37.5 Å². The monoisotopic (exact) mass is 599 g/mol. The molecule has 3 aromatic rings. The maximum absolute atomic E-state index is 13.7. The Hall–Kier alpha value is -2.76. The number of hydrogen-bond donors (Lipinski definition) is 1. The quantitative estimate of drug-likeness (QED) is 0.296. The lowest BCUT2D eigenvalue weighted by atomic mass is 10.1. The Morgan fingerprint density at radius 1 is 1.00 bits per heavy atom. The van der Waals surface area contributed by atoms with Gasteiger partial charge >= 0.3 is 0 Å². The first-order valence-corrected chi connectivity index (χ1v) is 15.4. The van der Waals surface area contributed by atoms with E-state index in [1.165, 1.54) is 31.3 Å². The number of anilines is 2. The lowest BCUT2D eigenvalue weighted by molar-refractivity contribution is 0.0261. The third kappa shape index (κ3) is 7.60. The van der Waals surface area contributed by atoms with E-state index in [0.29, 0.717) is 54.4 Å². The molecule has 3 fully saturated rings. The van der Waals surface area contributed by atoms with Crippen LogP contribution >= 0.6 is 11.6 Å². The molecule has 9 nitrogen and oxygen atoms in total. The second-order valence-electron chi connectivity index (χ2n) is 11.2. The number of nitrogens with zero attached hydrogens (tertiary/aromatic N) is 4. The molecule has 3 aliphatic rings. The van der Waals surface area contributed by atoms with Crippen LogP contribution in [0.15, 0.2) is 36.7 Å². The summed E-state index contributed by atoms with van der Waals surface area (Å²) in [6, 6.07) is 8.32. The average molecular weight is 600 g/mol. The normalized spacial score (nSPS) is 20.7. The number of aromatic nitrogens is 2. The van der Waals surface area contributed by atoms with E-state index in [2.05, 4.69) is 25.1 Å². The van der Waals surface area contributed by atoms with Gasteiger partial charge in [-0.2, -0.15) is 0 Å². The molecule has 226 valence electrons. The number of nitrogens with one attached hydrogen (secondary N) is 1. The Labute approximate surface area is 251 Å². The first-order valence-electron chi connectivity index (χ1n) is 15.0. The molecule has 0 saturated carbocycles. The van der Waals surface area contributed by atoms with Gasteiger partial charge in [-0.15, -0.1) is 0 Å². The average Bonchev–Trinajstić information content (AvgIpc) is 3.52. The summed E-state index contributed by atoms with van der Waals surface area (Å²) in [5.74, 6) is 1.43. The maximum atomic E-state index is 13.7. The van der Waals surface area contributed by atoms with Gasteiger partial charge in [0.05, 0.1) is 41.9 Å². The Balaban J connectivity index is 1.10. The summed E-state index contributed by atoms with van der Waals surface area (Å²) in [7, 11) is 0. The molecule has 1 atom stereocenters. The van der Waals surface area contributed by atoms with E-state index in [4.69, 9.17) is 30.5 Å². The van der Waals surface area contributed by atoms with Crippen molar-refractivity contribution < 1.29 is 23.3 Å². The van der Waals surface area contributed by atoms with Crippen LogP contribution in [-0.4, -0.2) is 97.7 Å². The van der Waals surface area contributed by atoms with Crippen LogP contribution in [0.25, 0.3) is 10.9 Å². The van der Waals surface area contributed by atoms with E-state index < -0.39 is 5.82 Å². The second-order valence-corrected chi connectivity index (χ2v) is 11.6. The summed E-state index contributed by atoms with van der Waals surface area (Å²) in [5, 5.41) is 4.03. The molecule has 42 heavy (non-hydrogen) atoms. The summed E-state index contributed by atoms with van der Waals surface area (Å²) in [6.07, 6.45) is 6.87.